The summed E-state index contributed by atoms with van der Waals surface area (Å²) in [6.45, 7) is 8.98. The number of carbonyl (C=O) groups excluding carboxylic acids is 1. The highest BCUT2D eigenvalue weighted by Crippen LogP contribution is 2.44. The highest BCUT2D eigenvalue weighted by molar-refractivity contribution is 5.67. The molecule has 1 nitrogen and oxygen atoms in total. The first-order valence-electron chi connectivity index (χ1n) is 9.34. The highest BCUT2D eigenvalue weighted by Gasteiger charge is 2.29. The Kier molecular flexibility index (Phi) is 6.60. The van der Waals surface area contributed by atoms with E-state index in [9.17, 15) is 4.79 Å². The van der Waals surface area contributed by atoms with Gasteiger partial charge in [0.05, 0.1) is 0 Å². The van der Waals surface area contributed by atoms with Crippen molar-refractivity contribution in [2.45, 2.75) is 72.6 Å². The van der Waals surface area contributed by atoms with Gasteiger partial charge in [0.15, 0.2) is 0 Å². The van der Waals surface area contributed by atoms with Crippen LogP contribution < -0.4 is 0 Å². The fourth-order valence-corrected chi connectivity index (χ4v) is 3.87. The van der Waals surface area contributed by atoms with Gasteiger partial charge in [-0.3, -0.25) is 4.79 Å². The van der Waals surface area contributed by atoms with Crippen molar-refractivity contribution < 1.29 is 4.79 Å². The normalized spacial score (nSPS) is 24.9. The molecule has 1 heteroatoms. The summed E-state index contributed by atoms with van der Waals surface area (Å²) >= 11 is 0. The highest BCUT2D eigenvalue weighted by atomic mass is 16.1. The van der Waals surface area contributed by atoms with Crippen LogP contribution in [0, 0.1) is 5.41 Å². The summed E-state index contributed by atoms with van der Waals surface area (Å²) in [6, 6.07) is 0. The number of carbonyl (C=O) groups is 1. The number of rotatable bonds is 4. The molecule has 0 saturated carbocycles. The molecule has 0 aliphatic heterocycles. The Morgan fingerprint density at radius 1 is 1.04 bits per heavy atom. The summed E-state index contributed by atoms with van der Waals surface area (Å²) in [6.07, 6.45) is 20.2. The second kappa shape index (κ2) is 8.46. The first-order valence-corrected chi connectivity index (χ1v) is 9.34. The minimum atomic E-state index is 0.315. The third-order valence-electron chi connectivity index (χ3n) is 5.43. The minimum Gasteiger partial charge on any atom is -0.299 e. The lowest BCUT2D eigenvalue weighted by Crippen LogP contribution is -2.21. The lowest BCUT2D eigenvalue weighted by molar-refractivity contribution is -0.104. The summed E-state index contributed by atoms with van der Waals surface area (Å²) in [5, 5.41) is 0. The number of hydrogen-bond donors (Lipinski definition) is 0. The van der Waals surface area contributed by atoms with E-state index in [-0.39, 0.29) is 0 Å². The van der Waals surface area contributed by atoms with E-state index in [1.54, 1.807) is 17.2 Å². The van der Waals surface area contributed by atoms with E-state index in [1.165, 1.54) is 56.1 Å². The molecule has 0 heterocycles. The number of hydrogen-bond acceptors (Lipinski definition) is 1. The predicted molar refractivity (Wildman–Crippen MR) is 104 cm³/mol. The van der Waals surface area contributed by atoms with Crippen LogP contribution in [0.25, 0.3) is 0 Å². The average molecular weight is 325 g/mol. The van der Waals surface area contributed by atoms with Crippen LogP contribution in [0.5, 0.6) is 0 Å². The Morgan fingerprint density at radius 3 is 2.50 bits per heavy atom. The van der Waals surface area contributed by atoms with Crippen molar-refractivity contribution >= 4 is 6.29 Å². The van der Waals surface area contributed by atoms with E-state index in [4.69, 9.17) is 0 Å². The molecule has 0 unspecified atom stereocenters. The smallest absolute Gasteiger partial charge is 0.143 e. The fraction of sp³-hybridized carbons (Fsp3) is 0.522. The largest absolute Gasteiger partial charge is 0.299 e. The van der Waals surface area contributed by atoms with E-state index < -0.39 is 0 Å². The van der Waals surface area contributed by atoms with Gasteiger partial charge in [0, 0.05) is 0 Å². The summed E-state index contributed by atoms with van der Waals surface area (Å²) in [5.41, 5.74) is 7.45. The first-order chi connectivity index (χ1) is 11.4. The summed E-state index contributed by atoms with van der Waals surface area (Å²) < 4.78 is 0. The van der Waals surface area contributed by atoms with Crippen LogP contribution in [-0.2, 0) is 4.79 Å². The van der Waals surface area contributed by atoms with Gasteiger partial charge in [-0.25, -0.2) is 0 Å². The number of allylic oxidation sites excluding steroid dienone is 10. The Morgan fingerprint density at radius 2 is 1.75 bits per heavy atom. The topological polar surface area (TPSA) is 17.1 Å². The molecule has 2 aliphatic rings. The maximum absolute atomic E-state index is 10.5. The van der Waals surface area contributed by atoms with Gasteiger partial charge in [0.2, 0.25) is 0 Å². The SMILES string of the molecule is CC(/C=C\C=C(C)\C1=C\C2=C(CCCC1)CCCC2(C)C)=C\C=O. The van der Waals surface area contributed by atoms with Gasteiger partial charge in [-0.2, -0.15) is 0 Å². The van der Waals surface area contributed by atoms with Gasteiger partial charge in [-0.15, -0.1) is 0 Å². The van der Waals surface area contributed by atoms with Crippen LogP contribution in [-0.4, -0.2) is 6.29 Å². The quantitative estimate of drug-likeness (QED) is 0.322. The van der Waals surface area contributed by atoms with E-state index in [0.717, 1.165) is 11.9 Å². The van der Waals surface area contributed by atoms with Gasteiger partial charge in [-0.1, -0.05) is 43.7 Å². The van der Waals surface area contributed by atoms with Crippen molar-refractivity contribution in [1.29, 1.82) is 0 Å². The zero-order chi connectivity index (χ0) is 17.6. The Bertz CT molecular complexity index is 620. The van der Waals surface area contributed by atoms with Crippen LogP contribution in [0.1, 0.15) is 72.6 Å². The van der Waals surface area contributed by atoms with E-state index in [1.807, 2.05) is 13.0 Å². The molecule has 0 bridgehead atoms. The molecule has 0 amide bonds. The molecule has 0 spiro atoms. The van der Waals surface area contributed by atoms with Crippen LogP contribution in [0.15, 0.2) is 58.2 Å². The standard InChI is InChI=1S/C23H32O/c1-18(14-16-24)9-7-10-19(2)21-12-6-5-11-20-13-8-15-23(3,4)22(20)17-21/h7,9-10,14,16-17H,5-6,8,11-13,15H2,1-4H3/b9-7-,18-14+,19-10+,21-17+. The average Bonchev–Trinajstić information content (AvgIpc) is 2.48. The maximum Gasteiger partial charge on any atom is 0.143 e. The van der Waals surface area contributed by atoms with Gasteiger partial charge >= 0.3 is 0 Å². The van der Waals surface area contributed by atoms with Crippen LogP contribution in [0.3, 0.4) is 0 Å². The summed E-state index contributed by atoms with van der Waals surface area (Å²) in [5.74, 6) is 0. The molecule has 0 N–H and O–H groups in total. The van der Waals surface area contributed by atoms with Crippen molar-refractivity contribution in [2.75, 3.05) is 0 Å². The van der Waals surface area contributed by atoms with E-state index in [0.29, 0.717) is 5.41 Å². The monoisotopic (exact) mass is 324 g/mol. The molecule has 0 fully saturated rings. The van der Waals surface area contributed by atoms with Crippen LogP contribution >= 0.6 is 0 Å². The zero-order valence-electron chi connectivity index (χ0n) is 15.8. The van der Waals surface area contributed by atoms with Crippen molar-refractivity contribution in [3.63, 3.8) is 0 Å². The van der Waals surface area contributed by atoms with Crippen LogP contribution in [0.2, 0.25) is 0 Å². The molecule has 0 radical (unpaired) electrons. The molecular formula is C23H32O. The van der Waals surface area contributed by atoms with Crippen LogP contribution in [0.4, 0.5) is 0 Å². The van der Waals surface area contributed by atoms with Gasteiger partial charge < -0.3 is 0 Å². The Balaban J connectivity index is 2.30. The fourth-order valence-electron chi connectivity index (χ4n) is 3.87. The lowest BCUT2D eigenvalue weighted by atomic mass is 9.70. The third kappa shape index (κ3) is 4.93. The second-order valence-corrected chi connectivity index (χ2v) is 7.89. The molecule has 0 atom stereocenters. The molecule has 24 heavy (non-hydrogen) atoms. The zero-order valence-corrected chi connectivity index (χ0v) is 15.8. The molecule has 0 saturated heterocycles. The minimum absolute atomic E-state index is 0.315. The van der Waals surface area contributed by atoms with Crippen molar-refractivity contribution in [2.24, 2.45) is 5.41 Å². The molecular weight excluding hydrogens is 292 g/mol. The lowest BCUT2D eigenvalue weighted by Gasteiger charge is -2.35. The summed E-state index contributed by atoms with van der Waals surface area (Å²) in [7, 11) is 0. The van der Waals surface area contributed by atoms with Crippen molar-refractivity contribution in [1.82, 2.24) is 0 Å². The Labute approximate surface area is 147 Å². The molecule has 130 valence electrons. The Hall–Kier alpha value is -1.63. The third-order valence-corrected chi connectivity index (χ3v) is 5.43. The predicted octanol–water partition coefficient (Wildman–Crippen LogP) is 6.64. The summed E-state index contributed by atoms with van der Waals surface area (Å²) in [4.78, 5) is 10.5. The first kappa shape index (κ1) is 18.7. The van der Waals surface area contributed by atoms with Crippen molar-refractivity contribution in [3.8, 4) is 0 Å². The molecule has 2 rings (SSSR count). The second-order valence-electron chi connectivity index (χ2n) is 7.89. The molecule has 2 aliphatic carbocycles. The number of aldehydes is 1. The molecule has 0 aromatic rings. The van der Waals surface area contributed by atoms with E-state index >= 15 is 0 Å². The van der Waals surface area contributed by atoms with Gasteiger partial charge in [-0.05, 0) is 92.6 Å². The van der Waals surface area contributed by atoms with Gasteiger partial charge in [0.25, 0.3) is 0 Å². The van der Waals surface area contributed by atoms with Gasteiger partial charge in [0.1, 0.15) is 6.29 Å². The van der Waals surface area contributed by atoms with Crippen molar-refractivity contribution in [3.05, 3.63) is 58.2 Å². The molecule has 0 aromatic heterocycles. The maximum atomic E-state index is 10.5. The van der Waals surface area contributed by atoms with E-state index in [2.05, 4.69) is 39.0 Å². The molecule has 0 aromatic carbocycles.